The number of fused-ring (bicyclic) bond motifs is 1. The highest BCUT2D eigenvalue weighted by molar-refractivity contribution is 5.91. The molecular weight excluding hydrogens is 532 g/mol. The van der Waals surface area contributed by atoms with Crippen LogP contribution in [0.1, 0.15) is 55.7 Å². The maximum Gasteiger partial charge on any atom is 0.408 e. The SMILES string of the molecule is CC(Cc1c[nH]c2ccccc12)(NC(=O)OCc1ccc([N+](=O)[O-])cc1)C(=O)NCC1(c2ccccc2)CCCCC1. The number of non-ortho nitro benzene ring substituents is 1. The first-order chi connectivity index (χ1) is 20.3. The van der Waals surface area contributed by atoms with Gasteiger partial charge in [-0.2, -0.15) is 0 Å². The molecule has 9 nitrogen and oxygen atoms in total. The van der Waals surface area contributed by atoms with Gasteiger partial charge in [-0.25, -0.2) is 4.79 Å². The molecule has 2 amide bonds. The molecule has 4 aromatic rings. The Morgan fingerprint density at radius 3 is 2.38 bits per heavy atom. The second-order valence-electron chi connectivity index (χ2n) is 11.4. The smallest absolute Gasteiger partial charge is 0.408 e. The van der Waals surface area contributed by atoms with E-state index in [1.807, 2.05) is 48.7 Å². The number of hydrogen-bond donors (Lipinski definition) is 3. The van der Waals surface area contributed by atoms with Crippen LogP contribution < -0.4 is 10.6 Å². The lowest BCUT2D eigenvalue weighted by Gasteiger charge is -2.39. The second-order valence-corrected chi connectivity index (χ2v) is 11.4. The van der Waals surface area contributed by atoms with Gasteiger partial charge in [0.05, 0.1) is 4.92 Å². The number of carbonyl (C=O) groups is 2. The fourth-order valence-corrected chi connectivity index (χ4v) is 6.00. The number of nitrogens with zero attached hydrogens (tertiary/aromatic N) is 1. The van der Waals surface area contributed by atoms with Crippen molar-refractivity contribution < 1.29 is 19.2 Å². The predicted molar refractivity (Wildman–Crippen MR) is 161 cm³/mol. The van der Waals surface area contributed by atoms with E-state index in [9.17, 15) is 19.7 Å². The molecule has 218 valence electrons. The van der Waals surface area contributed by atoms with Gasteiger partial charge in [0.1, 0.15) is 12.1 Å². The van der Waals surface area contributed by atoms with Crippen molar-refractivity contribution in [3.8, 4) is 0 Å². The summed E-state index contributed by atoms with van der Waals surface area (Å²) < 4.78 is 5.46. The first-order valence-corrected chi connectivity index (χ1v) is 14.4. The molecule has 1 unspecified atom stereocenters. The van der Waals surface area contributed by atoms with Crippen LogP contribution in [-0.2, 0) is 28.0 Å². The third-order valence-electron chi connectivity index (χ3n) is 8.40. The summed E-state index contributed by atoms with van der Waals surface area (Å²) in [6.07, 6.45) is 6.72. The molecule has 0 aliphatic heterocycles. The number of rotatable bonds is 10. The number of H-pyrrole nitrogens is 1. The van der Waals surface area contributed by atoms with E-state index in [4.69, 9.17) is 4.74 Å². The van der Waals surface area contributed by atoms with E-state index in [0.29, 0.717) is 12.1 Å². The molecule has 1 aliphatic rings. The fourth-order valence-electron chi connectivity index (χ4n) is 6.00. The third-order valence-corrected chi connectivity index (χ3v) is 8.40. The van der Waals surface area contributed by atoms with Crippen LogP contribution in [0.2, 0.25) is 0 Å². The highest BCUT2D eigenvalue weighted by Crippen LogP contribution is 2.39. The summed E-state index contributed by atoms with van der Waals surface area (Å²) in [5.74, 6) is -0.291. The normalized spacial score (nSPS) is 15.8. The molecule has 0 saturated heterocycles. The predicted octanol–water partition coefficient (Wildman–Crippen LogP) is 6.32. The van der Waals surface area contributed by atoms with Crippen molar-refractivity contribution in [2.75, 3.05) is 6.54 Å². The van der Waals surface area contributed by atoms with Gasteiger partial charge in [-0.3, -0.25) is 14.9 Å². The van der Waals surface area contributed by atoms with Crippen molar-refractivity contribution in [1.82, 2.24) is 15.6 Å². The fraction of sp³-hybridized carbons (Fsp3) is 0.333. The highest BCUT2D eigenvalue weighted by Gasteiger charge is 2.40. The van der Waals surface area contributed by atoms with Crippen molar-refractivity contribution in [2.45, 2.75) is 63.0 Å². The van der Waals surface area contributed by atoms with Gasteiger partial charge in [0.15, 0.2) is 0 Å². The first-order valence-electron chi connectivity index (χ1n) is 14.4. The molecule has 0 spiro atoms. The van der Waals surface area contributed by atoms with E-state index in [2.05, 4.69) is 27.8 Å². The van der Waals surface area contributed by atoms with Gasteiger partial charge < -0.3 is 20.4 Å². The number of aromatic nitrogens is 1. The molecule has 1 fully saturated rings. The lowest BCUT2D eigenvalue weighted by atomic mass is 9.69. The molecule has 1 heterocycles. The lowest BCUT2D eigenvalue weighted by Crippen LogP contribution is -2.59. The van der Waals surface area contributed by atoms with E-state index in [1.54, 1.807) is 6.92 Å². The Morgan fingerprint density at radius 2 is 1.67 bits per heavy atom. The summed E-state index contributed by atoms with van der Waals surface area (Å²) in [6, 6.07) is 24.0. The molecule has 42 heavy (non-hydrogen) atoms. The quantitative estimate of drug-likeness (QED) is 0.152. The standard InChI is InChI=1S/C33H36N4O5/c1-32(20-25-21-34-29-13-7-6-12-28(25)29,36-31(39)42-22-24-14-16-27(17-15-24)37(40)41)30(38)35-23-33(18-8-3-9-19-33)26-10-4-2-5-11-26/h2,4-7,10-17,21,34H,3,8-9,18-20,22-23H2,1H3,(H,35,38)(H,36,39). The van der Waals surface area contributed by atoms with Crippen molar-refractivity contribution in [3.05, 3.63) is 112 Å². The maximum atomic E-state index is 14.0. The van der Waals surface area contributed by atoms with Gasteiger partial charge in [0.2, 0.25) is 5.91 Å². The van der Waals surface area contributed by atoms with E-state index >= 15 is 0 Å². The molecule has 1 atom stereocenters. The summed E-state index contributed by atoms with van der Waals surface area (Å²) in [7, 11) is 0. The summed E-state index contributed by atoms with van der Waals surface area (Å²) in [5, 5.41) is 18.0. The Morgan fingerprint density at radius 1 is 0.976 bits per heavy atom. The number of alkyl carbamates (subject to hydrolysis) is 1. The summed E-state index contributed by atoms with van der Waals surface area (Å²) in [6.45, 7) is 2.10. The summed E-state index contributed by atoms with van der Waals surface area (Å²) in [4.78, 5) is 40.8. The molecule has 3 aromatic carbocycles. The van der Waals surface area contributed by atoms with Gasteiger partial charge in [0, 0.05) is 47.6 Å². The van der Waals surface area contributed by atoms with E-state index in [-0.39, 0.29) is 30.0 Å². The van der Waals surface area contributed by atoms with Crippen molar-refractivity contribution >= 4 is 28.6 Å². The first kappa shape index (κ1) is 28.9. The maximum absolute atomic E-state index is 14.0. The Balaban J connectivity index is 1.34. The number of benzene rings is 3. The minimum absolute atomic E-state index is 0.0441. The number of aromatic amines is 1. The average Bonchev–Trinajstić information content (AvgIpc) is 3.42. The van der Waals surface area contributed by atoms with E-state index < -0.39 is 16.6 Å². The second kappa shape index (κ2) is 12.5. The van der Waals surface area contributed by atoms with Crippen LogP contribution in [0, 0.1) is 10.1 Å². The molecule has 1 aromatic heterocycles. The molecule has 5 rings (SSSR count). The lowest BCUT2D eigenvalue weighted by molar-refractivity contribution is -0.384. The Bertz CT molecular complexity index is 1540. The van der Waals surface area contributed by atoms with Gasteiger partial charge in [-0.1, -0.05) is 67.8 Å². The molecule has 1 aliphatic carbocycles. The van der Waals surface area contributed by atoms with Crippen LogP contribution >= 0.6 is 0 Å². The molecule has 9 heteroatoms. The Hall–Kier alpha value is -4.66. The summed E-state index contributed by atoms with van der Waals surface area (Å²) >= 11 is 0. The topological polar surface area (TPSA) is 126 Å². The van der Waals surface area contributed by atoms with Crippen LogP contribution in [0.25, 0.3) is 10.9 Å². The van der Waals surface area contributed by atoms with Crippen LogP contribution in [0.3, 0.4) is 0 Å². The largest absolute Gasteiger partial charge is 0.445 e. The van der Waals surface area contributed by atoms with E-state index in [1.165, 1.54) is 36.2 Å². The number of nitro benzene ring substituents is 1. The molecule has 0 radical (unpaired) electrons. The highest BCUT2D eigenvalue weighted by atomic mass is 16.6. The zero-order chi connectivity index (χ0) is 29.6. The van der Waals surface area contributed by atoms with Crippen molar-refractivity contribution in [2.24, 2.45) is 0 Å². The number of amides is 2. The summed E-state index contributed by atoms with van der Waals surface area (Å²) in [5.41, 5.74) is 2.14. The van der Waals surface area contributed by atoms with Crippen LogP contribution in [0.4, 0.5) is 10.5 Å². The molecule has 0 bridgehead atoms. The number of carbonyl (C=O) groups excluding carboxylic acids is 2. The number of hydrogen-bond acceptors (Lipinski definition) is 5. The number of ether oxygens (including phenoxy) is 1. The Labute approximate surface area is 244 Å². The third kappa shape index (κ3) is 6.46. The van der Waals surface area contributed by atoms with E-state index in [0.717, 1.165) is 42.1 Å². The zero-order valence-corrected chi connectivity index (χ0v) is 23.7. The number of para-hydroxylation sites is 1. The van der Waals surface area contributed by atoms with Gasteiger partial charge in [0.25, 0.3) is 5.69 Å². The number of nitrogens with one attached hydrogen (secondary N) is 3. The Kier molecular flexibility index (Phi) is 8.56. The minimum Gasteiger partial charge on any atom is -0.445 e. The van der Waals surface area contributed by atoms with Crippen molar-refractivity contribution in [1.29, 1.82) is 0 Å². The van der Waals surface area contributed by atoms with Crippen LogP contribution in [0.5, 0.6) is 0 Å². The van der Waals surface area contributed by atoms with Gasteiger partial charge >= 0.3 is 6.09 Å². The van der Waals surface area contributed by atoms with Gasteiger partial charge in [-0.15, -0.1) is 0 Å². The monoisotopic (exact) mass is 568 g/mol. The zero-order valence-electron chi connectivity index (χ0n) is 23.7. The molecular formula is C33H36N4O5. The van der Waals surface area contributed by atoms with Crippen molar-refractivity contribution in [3.63, 3.8) is 0 Å². The number of nitro groups is 1. The van der Waals surface area contributed by atoms with Gasteiger partial charge in [-0.05, 0) is 54.7 Å². The molecule has 1 saturated carbocycles. The average molecular weight is 569 g/mol. The van der Waals surface area contributed by atoms with Crippen LogP contribution in [0.15, 0.2) is 85.1 Å². The molecule has 3 N–H and O–H groups in total. The minimum atomic E-state index is -1.32. The van der Waals surface area contributed by atoms with Crippen LogP contribution in [-0.4, -0.2) is 34.0 Å².